The summed E-state index contributed by atoms with van der Waals surface area (Å²) in [6.45, 7) is 3.57. The van der Waals surface area contributed by atoms with E-state index >= 15 is 0 Å². The average molecular weight is 405 g/mol. The first-order valence-electron chi connectivity index (χ1n) is 8.11. The summed E-state index contributed by atoms with van der Waals surface area (Å²) in [6, 6.07) is 7.75. The van der Waals surface area contributed by atoms with Crippen molar-refractivity contribution in [2.45, 2.75) is 24.2 Å². The number of halogens is 1. The third-order valence-electron chi connectivity index (χ3n) is 3.62. The number of carbonyl (C=O) groups excluding carboxylic acids is 1. The van der Waals surface area contributed by atoms with Crippen LogP contribution in [0.15, 0.2) is 45.5 Å². The number of nitrogens with one attached hydrogen (secondary N) is 1. The molecule has 0 saturated heterocycles. The van der Waals surface area contributed by atoms with Crippen LogP contribution in [0.2, 0.25) is 0 Å². The molecule has 2 aromatic heterocycles. The van der Waals surface area contributed by atoms with Crippen molar-refractivity contribution in [1.82, 2.24) is 20.0 Å². The second-order valence-electron chi connectivity index (χ2n) is 5.48. The van der Waals surface area contributed by atoms with Gasteiger partial charge in [0.05, 0.1) is 5.69 Å². The minimum atomic E-state index is -0.857. The van der Waals surface area contributed by atoms with Crippen molar-refractivity contribution in [3.63, 3.8) is 0 Å². The number of hydrogen-bond donors (Lipinski definition) is 1. The number of benzene rings is 1. The van der Waals surface area contributed by atoms with Gasteiger partial charge in [0.1, 0.15) is 11.9 Å². The van der Waals surface area contributed by atoms with Gasteiger partial charge >= 0.3 is 0 Å². The van der Waals surface area contributed by atoms with Crippen LogP contribution >= 0.6 is 23.1 Å². The van der Waals surface area contributed by atoms with Gasteiger partial charge < -0.3 is 0 Å². The van der Waals surface area contributed by atoms with Crippen LogP contribution in [0.3, 0.4) is 0 Å². The molecule has 7 nitrogen and oxygen atoms in total. The fraction of sp³-hybridized carbons (Fsp3) is 0.235. The third-order valence-corrected chi connectivity index (χ3v) is 5.47. The average Bonchev–Trinajstić information content (AvgIpc) is 3.09. The van der Waals surface area contributed by atoms with Crippen molar-refractivity contribution < 1.29 is 9.18 Å². The molecule has 0 saturated carbocycles. The molecule has 27 heavy (non-hydrogen) atoms. The molecule has 2 heterocycles. The maximum Gasteiger partial charge on any atom is 0.267 e. The van der Waals surface area contributed by atoms with Gasteiger partial charge in [-0.05, 0) is 43.0 Å². The summed E-state index contributed by atoms with van der Waals surface area (Å²) < 4.78 is 14.9. The van der Waals surface area contributed by atoms with E-state index in [0.717, 1.165) is 14.8 Å². The van der Waals surface area contributed by atoms with Crippen molar-refractivity contribution in [2.75, 3.05) is 11.1 Å². The van der Waals surface area contributed by atoms with Crippen molar-refractivity contribution >= 4 is 34.1 Å². The molecule has 0 aliphatic carbocycles. The van der Waals surface area contributed by atoms with Gasteiger partial charge in [-0.3, -0.25) is 14.9 Å². The maximum atomic E-state index is 13.1. The lowest BCUT2D eigenvalue weighted by Gasteiger charge is -2.13. The first-order chi connectivity index (χ1) is 13.0. The maximum absolute atomic E-state index is 13.1. The van der Waals surface area contributed by atoms with Crippen LogP contribution < -0.4 is 10.9 Å². The summed E-state index contributed by atoms with van der Waals surface area (Å²) in [5.41, 5.74) is 0.693. The minimum Gasteiger partial charge on any atom is -0.299 e. The fourth-order valence-corrected chi connectivity index (χ4v) is 3.89. The zero-order valence-electron chi connectivity index (χ0n) is 14.5. The Hall–Kier alpha value is -2.59. The lowest BCUT2D eigenvalue weighted by atomic mass is 10.1. The Morgan fingerprint density at radius 3 is 2.70 bits per heavy atom. The van der Waals surface area contributed by atoms with E-state index in [9.17, 15) is 14.0 Å². The Morgan fingerprint density at radius 2 is 2.00 bits per heavy atom. The van der Waals surface area contributed by atoms with Crippen LogP contribution in [0.4, 0.5) is 9.52 Å². The van der Waals surface area contributed by atoms with E-state index in [0.29, 0.717) is 16.4 Å². The van der Waals surface area contributed by atoms with Gasteiger partial charge in [-0.2, -0.15) is 5.10 Å². The monoisotopic (exact) mass is 405 g/mol. The molecule has 1 amide bonds. The van der Waals surface area contributed by atoms with Crippen LogP contribution in [0, 0.1) is 5.82 Å². The molecule has 0 spiro atoms. The molecule has 1 unspecified atom stereocenters. The predicted molar refractivity (Wildman–Crippen MR) is 104 cm³/mol. The molecular formula is C17H16FN5O2S2. The van der Waals surface area contributed by atoms with Crippen LogP contribution in [0.5, 0.6) is 0 Å². The van der Waals surface area contributed by atoms with Crippen molar-refractivity contribution in [2.24, 2.45) is 0 Å². The topological polar surface area (TPSA) is 89.8 Å². The molecule has 1 aromatic carbocycles. The summed E-state index contributed by atoms with van der Waals surface area (Å²) in [4.78, 5) is 24.7. The predicted octanol–water partition coefficient (Wildman–Crippen LogP) is 3.21. The largest absolute Gasteiger partial charge is 0.299 e. The van der Waals surface area contributed by atoms with Gasteiger partial charge in [-0.1, -0.05) is 30.0 Å². The number of nitrogens with zero attached hydrogens (tertiary/aromatic N) is 4. The second-order valence-corrected chi connectivity index (χ2v) is 7.97. The van der Waals surface area contributed by atoms with E-state index < -0.39 is 17.5 Å². The Labute approximate surface area is 162 Å². The number of aromatic nitrogens is 4. The molecule has 0 aliphatic rings. The molecule has 1 atom stereocenters. The quantitative estimate of drug-likeness (QED) is 0.500. The van der Waals surface area contributed by atoms with E-state index in [1.807, 2.05) is 6.92 Å². The molecule has 10 heteroatoms. The van der Waals surface area contributed by atoms with Crippen molar-refractivity contribution in [3.8, 4) is 11.3 Å². The highest BCUT2D eigenvalue weighted by Gasteiger charge is 2.20. The molecular weight excluding hydrogens is 389 g/mol. The minimum absolute atomic E-state index is 0.363. The van der Waals surface area contributed by atoms with E-state index in [1.165, 1.54) is 47.4 Å². The lowest BCUT2D eigenvalue weighted by molar-refractivity contribution is -0.119. The summed E-state index contributed by atoms with van der Waals surface area (Å²) >= 11 is 2.80. The first kappa shape index (κ1) is 19.2. The Morgan fingerprint density at radius 1 is 1.26 bits per heavy atom. The fourth-order valence-electron chi connectivity index (χ4n) is 2.24. The summed E-state index contributed by atoms with van der Waals surface area (Å²) in [5, 5.41) is 15.2. The van der Waals surface area contributed by atoms with Crippen molar-refractivity contribution in [3.05, 3.63) is 52.6 Å². The van der Waals surface area contributed by atoms with E-state index in [4.69, 9.17) is 0 Å². The lowest BCUT2D eigenvalue weighted by Crippen LogP contribution is -2.33. The van der Waals surface area contributed by atoms with Crippen LogP contribution in [0.25, 0.3) is 11.3 Å². The smallest absolute Gasteiger partial charge is 0.267 e. The first-order valence-corrected chi connectivity index (χ1v) is 9.91. The zero-order valence-corrected chi connectivity index (χ0v) is 16.2. The number of amides is 1. The Balaban J connectivity index is 1.81. The highest BCUT2D eigenvalue weighted by molar-refractivity contribution is 8.01. The number of thioether (sulfide) groups is 1. The highest BCUT2D eigenvalue weighted by Crippen LogP contribution is 2.25. The van der Waals surface area contributed by atoms with Crippen LogP contribution in [0.1, 0.15) is 19.9 Å². The van der Waals surface area contributed by atoms with E-state index in [1.54, 1.807) is 19.1 Å². The molecule has 0 aliphatic heterocycles. The molecule has 3 rings (SSSR count). The van der Waals surface area contributed by atoms with E-state index in [2.05, 4.69) is 20.6 Å². The Kier molecular flexibility index (Phi) is 5.97. The number of rotatable bonds is 6. The van der Waals surface area contributed by atoms with Crippen LogP contribution in [-0.2, 0) is 4.79 Å². The Bertz CT molecular complexity index is 1000. The highest BCUT2D eigenvalue weighted by atomic mass is 32.2. The normalized spacial score (nSPS) is 12.0. The summed E-state index contributed by atoms with van der Waals surface area (Å²) in [5.74, 6) is 0.0663. The van der Waals surface area contributed by atoms with E-state index in [-0.39, 0.29) is 5.82 Å². The standard InChI is InChI=1S/C17H16FN5O2S2/c1-3-26-17-21-20-16(27-17)19-15(25)10(2)23-14(24)9-8-13(22-23)11-4-6-12(18)7-5-11/h4-10H,3H2,1-2H3,(H,19,20,25). The number of hydrogen-bond acceptors (Lipinski definition) is 7. The SMILES string of the molecule is CCSc1nnc(NC(=O)C(C)n2nc(-c3ccc(F)cc3)ccc2=O)s1. The molecule has 3 aromatic rings. The number of anilines is 1. The van der Waals surface area contributed by atoms with Crippen LogP contribution in [-0.4, -0.2) is 31.6 Å². The van der Waals surface area contributed by atoms with Gasteiger partial charge in [-0.25, -0.2) is 9.07 Å². The molecule has 1 N–H and O–H groups in total. The third kappa shape index (κ3) is 4.58. The van der Waals surface area contributed by atoms with Gasteiger partial charge in [0.15, 0.2) is 4.34 Å². The zero-order chi connectivity index (χ0) is 19.4. The second kappa shape index (κ2) is 8.40. The molecule has 140 valence electrons. The van der Waals surface area contributed by atoms with Crippen molar-refractivity contribution in [1.29, 1.82) is 0 Å². The summed E-state index contributed by atoms with van der Waals surface area (Å²) in [7, 11) is 0. The molecule has 0 fully saturated rings. The number of carbonyl (C=O) groups is 1. The van der Waals surface area contributed by atoms with Gasteiger partial charge in [0.2, 0.25) is 5.13 Å². The van der Waals surface area contributed by atoms with Gasteiger partial charge in [-0.15, -0.1) is 10.2 Å². The molecule has 0 radical (unpaired) electrons. The van der Waals surface area contributed by atoms with Gasteiger partial charge in [0, 0.05) is 11.6 Å². The summed E-state index contributed by atoms with van der Waals surface area (Å²) in [6.07, 6.45) is 0. The molecule has 0 bridgehead atoms. The van der Waals surface area contributed by atoms with Gasteiger partial charge in [0.25, 0.3) is 11.5 Å².